The Morgan fingerprint density at radius 1 is 1.33 bits per heavy atom. The standard InChI is InChI=1S/C13H17F3N2O2.ClH/c1-17-6-5-12(19)18-8-9-3-4-10(20-2)7-11(9)13(14,15)16;/h3-4,7,17H,5-6,8H2,1-2H3,(H,18,19);1H. The maximum absolute atomic E-state index is 12.9. The summed E-state index contributed by atoms with van der Waals surface area (Å²) in [6, 6.07) is 3.67. The van der Waals surface area contributed by atoms with E-state index in [4.69, 9.17) is 4.74 Å². The van der Waals surface area contributed by atoms with Gasteiger partial charge in [-0.05, 0) is 24.7 Å². The molecule has 1 aromatic carbocycles. The predicted octanol–water partition coefficient (Wildman–Crippen LogP) is 2.36. The summed E-state index contributed by atoms with van der Waals surface area (Å²) in [6.07, 6.45) is -4.27. The number of alkyl halides is 3. The van der Waals surface area contributed by atoms with Gasteiger partial charge in [0.15, 0.2) is 0 Å². The number of ether oxygens (including phenoxy) is 1. The molecule has 0 aromatic heterocycles. The fourth-order valence-corrected chi connectivity index (χ4v) is 1.62. The van der Waals surface area contributed by atoms with Crippen LogP contribution in [0.2, 0.25) is 0 Å². The summed E-state index contributed by atoms with van der Waals surface area (Å²) in [4.78, 5) is 11.4. The molecular formula is C13H18ClF3N2O2. The molecule has 0 saturated carbocycles. The van der Waals surface area contributed by atoms with Crippen molar-refractivity contribution >= 4 is 18.3 Å². The Labute approximate surface area is 127 Å². The summed E-state index contributed by atoms with van der Waals surface area (Å²) >= 11 is 0. The lowest BCUT2D eigenvalue weighted by Crippen LogP contribution is -2.27. The van der Waals surface area contributed by atoms with Gasteiger partial charge in [-0.2, -0.15) is 13.2 Å². The van der Waals surface area contributed by atoms with Crippen LogP contribution in [0, 0.1) is 0 Å². The van der Waals surface area contributed by atoms with Gasteiger partial charge in [0.25, 0.3) is 0 Å². The van der Waals surface area contributed by atoms with Gasteiger partial charge in [-0.3, -0.25) is 4.79 Å². The summed E-state index contributed by atoms with van der Waals surface area (Å²) in [7, 11) is 2.99. The molecule has 1 rings (SSSR count). The number of benzene rings is 1. The quantitative estimate of drug-likeness (QED) is 0.844. The smallest absolute Gasteiger partial charge is 0.416 e. The SMILES string of the molecule is CNCCC(=O)NCc1ccc(OC)cc1C(F)(F)F.Cl. The molecule has 0 aliphatic rings. The average molecular weight is 327 g/mol. The van der Waals surface area contributed by atoms with Gasteiger partial charge in [-0.15, -0.1) is 12.4 Å². The van der Waals surface area contributed by atoms with Crippen LogP contribution in [0.3, 0.4) is 0 Å². The number of carbonyl (C=O) groups excluding carboxylic acids is 1. The van der Waals surface area contributed by atoms with Crippen LogP contribution in [0.25, 0.3) is 0 Å². The lowest BCUT2D eigenvalue weighted by atomic mass is 10.1. The Balaban J connectivity index is 0.00000400. The van der Waals surface area contributed by atoms with E-state index in [0.29, 0.717) is 6.54 Å². The number of nitrogens with one attached hydrogen (secondary N) is 2. The van der Waals surface area contributed by atoms with E-state index >= 15 is 0 Å². The number of hydrogen-bond donors (Lipinski definition) is 2. The zero-order valence-electron chi connectivity index (χ0n) is 11.7. The summed E-state index contributed by atoms with van der Waals surface area (Å²) in [5, 5.41) is 5.25. The van der Waals surface area contributed by atoms with Crippen LogP contribution in [0.1, 0.15) is 17.5 Å². The monoisotopic (exact) mass is 326 g/mol. The largest absolute Gasteiger partial charge is 0.497 e. The van der Waals surface area contributed by atoms with E-state index in [0.717, 1.165) is 6.07 Å². The average Bonchev–Trinajstić information content (AvgIpc) is 2.41. The van der Waals surface area contributed by atoms with E-state index in [9.17, 15) is 18.0 Å². The van der Waals surface area contributed by atoms with E-state index in [1.807, 2.05) is 0 Å². The molecule has 21 heavy (non-hydrogen) atoms. The van der Waals surface area contributed by atoms with Crippen LogP contribution in [0.5, 0.6) is 5.75 Å². The van der Waals surface area contributed by atoms with Crippen molar-refractivity contribution in [3.8, 4) is 5.75 Å². The third-order valence-corrected chi connectivity index (χ3v) is 2.70. The first kappa shape index (κ1) is 19.5. The second-order valence-electron chi connectivity index (χ2n) is 4.15. The highest BCUT2D eigenvalue weighted by Crippen LogP contribution is 2.34. The highest BCUT2D eigenvalue weighted by Gasteiger charge is 2.33. The Morgan fingerprint density at radius 3 is 2.52 bits per heavy atom. The Bertz CT molecular complexity index is 467. The molecule has 8 heteroatoms. The molecule has 0 saturated heterocycles. The number of rotatable bonds is 6. The molecule has 0 unspecified atom stereocenters. The van der Waals surface area contributed by atoms with E-state index < -0.39 is 11.7 Å². The van der Waals surface area contributed by atoms with Crippen LogP contribution >= 0.6 is 12.4 Å². The Hall–Kier alpha value is -1.47. The van der Waals surface area contributed by atoms with Crippen LogP contribution < -0.4 is 15.4 Å². The fraction of sp³-hybridized carbons (Fsp3) is 0.462. The van der Waals surface area contributed by atoms with Gasteiger partial charge in [-0.25, -0.2) is 0 Å². The molecule has 0 radical (unpaired) electrons. The van der Waals surface area contributed by atoms with Crippen LogP contribution in [0.4, 0.5) is 13.2 Å². The van der Waals surface area contributed by atoms with Gasteiger partial charge in [0.1, 0.15) is 5.75 Å². The van der Waals surface area contributed by atoms with Crippen molar-refractivity contribution in [2.24, 2.45) is 0 Å². The third-order valence-electron chi connectivity index (χ3n) is 2.70. The first-order valence-electron chi connectivity index (χ1n) is 6.04. The molecule has 120 valence electrons. The number of methoxy groups -OCH3 is 1. The molecular weight excluding hydrogens is 309 g/mol. The highest BCUT2D eigenvalue weighted by atomic mass is 35.5. The number of hydrogen-bond acceptors (Lipinski definition) is 3. The van der Waals surface area contributed by atoms with Gasteiger partial charge in [0.05, 0.1) is 12.7 Å². The first-order valence-corrected chi connectivity index (χ1v) is 6.04. The molecule has 0 atom stereocenters. The zero-order chi connectivity index (χ0) is 15.2. The minimum Gasteiger partial charge on any atom is -0.497 e. The molecule has 0 bridgehead atoms. The molecule has 0 spiro atoms. The van der Waals surface area contributed by atoms with Crippen LogP contribution in [-0.2, 0) is 17.5 Å². The first-order chi connectivity index (χ1) is 9.38. The van der Waals surface area contributed by atoms with Gasteiger partial charge in [0, 0.05) is 19.5 Å². The van der Waals surface area contributed by atoms with E-state index in [1.54, 1.807) is 7.05 Å². The minimum absolute atomic E-state index is 0. The maximum Gasteiger partial charge on any atom is 0.416 e. The lowest BCUT2D eigenvalue weighted by Gasteiger charge is -2.14. The van der Waals surface area contributed by atoms with Crippen molar-refractivity contribution in [1.29, 1.82) is 0 Å². The van der Waals surface area contributed by atoms with Crippen LogP contribution in [-0.4, -0.2) is 26.6 Å². The normalized spacial score (nSPS) is 10.7. The molecule has 2 N–H and O–H groups in total. The van der Waals surface area contributed by atoms with E-state index in [2.05, 4.69) is 10.6 Å². The van der Waals surface area contributed by atoms with Crippen molar-refractivity contribution in [2.45, 2.75) is 19.1 Å². The van der Waals surface area contributed by atoms with Gasteiger partial charge in [0.2, 0.25) is 5.91 Å². The van der Waals surface area contributed by atoms with Gasteiger partial charge < -0.3 is 15.4 Å². The molecule has 0 aliphatic heterocycles. The fourth-order valence-electron chi connectivity index (χ4n) is 1.62. The second kappa shape index (κ2) is 8.74. The van der Waals surface area contributed by atoms with E-state index in [-0.39, 0.29) is 42.6 Å². The summed E-state index contributed by atoms with van der Waals surface area (Å²) < 4.78 is 43.5. The molecule has 4 nitrogen and oxygen atoms in total. The number of amides is 1. The number of carbonyl (C=O) groups is 1. The summed E-state index contributed by atoms with van der Waals surface area (Å²) in [5.74, 6) is -0.175. The molecule has 1 aromatic rings. The minimum atomic E-state index is -4.49. The highest BCUT2D eigenvalue weighted by molar-refractivity contribution is 5.85. The van der Waals surface area contributed by atoms with Crippen molar-refractivity contribution in [3.05, 3.63) is 29.3 Å². The van der Waals surface area contributed by atoms with Crippen molar-refractivity contribution < 1.29 is 22.7 Å². The van der Waals surface area contributed by atoms with E-state index in [1.165, 1.54) is 19.2 Å². The Kier molecular flexibility index (Phi) is 8.12. The van der Waals surface area contributed by atoms with Crippen molar-refractivity contribution in [2.75, 3.05) is 20.7 Å². The number of halogens is 4. The predicted molar refractivity (Wildman–Crippen MR) is 75.6 cm³/mol. The second-order valence-corrected chi connectivity index (χ2v) is 4.15. The topological polar surface area (TPSA) is 50.4 Å². The zero-order valence-corrected chi connectivity index (χ0v) is 12.5. The maximum atomic E-state index is 12.9. The lowest BCUT2D eigenvalue weighted by molar-refractivity contribution is -0.138. The summed E-state index contributed by atoms with van der Waals surface area (Å²) in [5.41, 5.74) is -0.790. The molecule has 0 aliphatic carbocycles. The van der Waals surface area contributed by atoms with Gasteiger partial charge in [-0.1, -0.05) is 6.07 Å². The Morgan fingerprint density at radius 2 is 2.00 bits per heavy atom. The molecule has 0 heterocycles. The van der Waals surface area contributed by atoms with Gasteiger partial charge >= 0.3 is 6.18 Å². The summed E-state index contributed by atoms with van der Waals surface area (Å²) in [6.45, 7) is 0.307. The third kappa shape index (κ3) is 6.22. The van der Waals surface area contributed by atoms with Crippen molar-refractivity contribution in [3.63, 3.8) is 0 Å². The van der Waals surface area contributed by atoms with Crippen LogP contribution in [0.15, 0.2) is 18.2 Å². The molecule has 0 fully saturated rings. The van der Waals surface area contributed by atoms with Crippen molar-refractivity contribution in [1.82, 2.24) is 10.6 Å². The molecule has 1 amide bonds.